The van der Waals surface area contributed by atoms with Gasteiger partial charge in [0.05, 0.1) is 6.10 Å². The van der Waals surface area contributed by atoms with E-state index in [4.69, 9.17) is 4.43 Å². The summed E-state index contributed by atoms with van der Waals surface area (Å²) in [4.78, 5) is 0. The molecule has 0 aliphatic rings. The standard InChI is InChI=1S/C20H24OSi/c1-22(2,3)21-20(16-14-18-10-6-4-7-11-18)17-15-19-12-8-5-9-13-19/h4-17,20H,1-3H3/b16-14+,17-15+. The van der Waals surface area contributed by atoms with Crippen molar-refractivity contribution >= 4 is 20.5 Å². The first-order valence-electron chi connectivity index (χ1n) is 7.67. The van der Waals surface area contributed by atoms with E-state index in [1.807, 2.05) is 36.4 Å². The molecular formula is C20H24OSi. The third-order valence-corrected chi connectivity index (χ3v) is 4.02. The van der Waals surface area contributed by atoms with Crippen molar-refractivity contribution in [2.75, 3.05) is 0 Å². The molecule has 0 N–H and O–H groups in total. The summed E-state index contributed by atoms with van der Waals surface area (Å²) in [5.41, 5.74) is 2.39. The molecule has 0 atom stereocenters. The molecule has 22 heavy (non-hydrogen) atoms. The molecular weight excluding hydrogens is 284 g/mol. The fraction of sp³-hybridized carbons (Fsp3) is 0.200. The molecule has 0 fully saturated rings. The zero-order chi connectivity index (χ0) is 15.8. The zero-order valence-electron chi connectivity index (χ0n) is 13.6. The number of rotatable bonds is 6. The Bertz CT molecular complexity index is 560. The van der Waals surface area contributed by atoms with Gasteiger partial charge in [0.2, 0.25) is 0 Å². The van der Waals surface area contributed by atoms with Crippen LogP contribution in [0.3, 0.4) is 0 Å². The molecule has 1 nitrogen and oxygen atoms in total. The van der Waals surface area contributed by atoms with Gasteiger partial charge in [-0.3, -0.25) is 0 Å². The summed E-state index contributed by atoms with van der Waals surface area (Å²) in [5, 5.41) is 0. The van der Waals surface area contributed by atoms with Crippen LogP contribution in [0.5, 0.6) is 0 Å². The van der Waals surface area contributed by atoms with Gasteiger partial charge >= 0.3 is 0 Å². The van der Waals surface area contributed by atoms with Crippen LogP contribution < -0.4 is 0 Å². The van der Waals surface area contributed by atoms with E-state index in [1.165, 1.54) is 11.1 Å². The predicted molar refractivity (Wildman–Crippen MR) is 99.2 cm³/mol. The van der Waals surface area contributed by atoms with Gasteiger partial charge < -0.3 is 4.43 Å². The molecule has 0 spiro atoms. The molecule has 0 radical (unpaired) electrons. The summed E-state index contributed by atoms with van der Waals surface area (Å²) in [5.74, 6) is 0. The molecule has 0 aromatic heterocycles. The van der Waals surface area contributed by atoms with Gasteiger partial charge in [-0.2, -0.15) is 0 Å². The zero-order valence-corrected chi connectivity index (χ0v) is 14.6. The van der Waals surface area contributed by atoms with E-state index >= 15 is 0 Å². The maximum absolute atomic E-state index is 6.25. The van der Waals surface area contributed by atoms with Crippen LogP contribution in [0.4, 0.5) is 0 Å². The summed E-state index contributed by atoms with van der Waals surface area (Å²) >= 11 is 0. The second-order valence-corrected chi connectivity index (χ2v) is 10.7. The van der Waals surface area contributed by atoms with Crippen molar-refractivity contribution in [1.29, 1.82) is 0 Å². The molecule has 0 heterocycles. The first-order chi connectivity index (χ1) is 10.5. The Kier molecular flexibility index (Phi) is 5.93. The predicted octanol–water partition coefficient (Wildman–Crippen LogP) is 5.63. The monoisotopic (exact) mass is 308 g/mol. The molecule has 2 heteroatoms. The van der Waals surface area contributed by atoms with Crippen LogP contribution >= 0.6 is 0 Å². The maximum Gasteiger partial charge on any atom is 0.184 e. The fourth-order valence-corrected chi connectivity index (χ4v) is 3.06. The lowest BCUT2D eigenvalue weighted by Gasteiger charge is -2.22. The van der Waals surface area contributed by atoms with E-state index in [0.29, 0.717) is 0 Å². The summed E-state index contributed by atoms with van der Waals surface area (Å²) in [6.07, 6.45) is 8.52. The molecule has 0 aliphatic heterocycles. The highest BCUT2D eigenvalue weighted by Crippen LogP contribution is 2.13. The molecule has 0 unspecified atom stereocenters. The van der Waals surface area contributed by atoms with Crippen LogP contribution in [0, 0.1) is 0 Å². The molecule has 0 aliphatic carbocycles. The van der Waals surface area contributed by atoms with Crippen molar-refractivity contribution < 1.29 is 4.43 Å². The highest BCUT2D eigenvalue weighted by atomic mass is 28.4. The first-order valence-corrected chi connectivity index (χ1v) is 11.1. The second kappa shape index (κ2) is 7.92. The quantitative estimate of drug-likeness (QED) is 0.628. The van der Waals surface area contributed by atoms with E-state index in [-0.39, 0.29) is 6.10 Å². The molecule has 2 rings (SSSR count). The van der Waals surface area contributed by atoms with Crippen molar-refractivity contribution in [2.45, 2.75) is 25.7 Å². The normalized spacial score (nSPS) is 12.5. The maximum atomic E-state index is 6.25. The molecule has 2 aromatic rings. The Balaban J connectivity index is 2.12. The van der Waals surface area contributed by atoms with Crippen molar-refractivity contribution in [3.05, 3.63) is 83.9 Å². The third kappa shape index (κ3) is 6.25. The third-order valence-electron chi connectivity index (χ3n) is 3.05. The van der Waals surface area contributed by atoms with Gasteiger partial charge in [-0.1, -0.05) is 85.0 Å². The molecule has 0 amide bonds. The minimum absolute atomic E-state index is 0.00655. The topological polar surface area (TPSA) is 9.23 Å². The Labute approximate surface area is 135 Å². The summed E-state index contributed by atoms with van der Waals surface area (Å²) in [6.45, 7) is 6.64. The van der Waals surface area contributed by atoms with E-state index in [9.17, 15) is 0 Å². The lowest BCUT2D eigenvalue weighted by atomic mass is 10.1. The van der Waals surface area contributed by atoms with Crippen molar-refractivity contribution in [3.63, 3.8) is 0 Å². The van der Waals surface area contributed by atoms with Crippen LogP contribution in [-0.2, 0) is 4.43 Å². The fourth-order valence-electron chi connectivity index (χ4n) is 2.09. The highest BCUT2D eigenvalue weighted by molar-refractivity contribution is 6.69. The minimum atomic E-state index is -1.60. The van der Waals surface area contributed by atoms with Crippen LogP contribution in [0.15, 0.2) is 72.8 Å². The lowest BCUT2D eigenvalue weighted by molar-refractivity contribution is 0.291. The number of hydrogen-bond acceptors (Lipinski definition) is 1. The van der Waals surface area contributed by atoms with E-state index in [1.54, 1.807) is 0 Å². The molecule has 0 bridgehead atoms. The molecule has 0 saturated heterocycles. The largest absolute Gasteiger partial charge is 0.408 e. The second-order valence-electron chi connectivity index (χ2n) is 6.23. The summed E-state index contributed by atoms with van der Waals surface area (Å²) in [6, 6.07) is 20.7. The van der Waals surface area contributed by atoms with Gasteiger partial charge in [0, 0.05) is 0 Å². The van der Waals surface area contributed by atoms with E-state index in [2.05, 4.69) is 68.2 Å². The van der Waals surface area contributed by atoms with Gasteiger partial charge in [-0.05, 0) is 30.8 Å². The number of hydrogen-bond donors (Lipinski definition) is 0. The smallest absolute Gasteiger partial charge is 0.184 e. The lowest BCUT2D eigenvalue weighted by Crippen LogP contribution is -2.30. The Morgan fingerprint density at radius 1 is 0.727 bits per heavy atom. The average Bonchev–Trinajstić information content (AvgIpc) is 2.51. The van der Waals surface area contributed by atoms with Crippen LogP contribution in [0.1, 0.15) is 11.1 Å². The minimum Gasteiger partial charge on any atom is -0.408 e. The highest BCUT2D eigenvalue weighted by Gasteiger charge is 2.17. The van der Waals surface area contributed by atoms with E-state index < -0.39 is 8.32 Å². The van der Waals surface area contributed by atoms with Gasteiger partial charge in [0.15, 0.2) is 8.32 Å². The van der Waals surface area contributed by atoms with E-state index in [0.717, 1.165) is 0 Å². The first kappa shape index (κ1) is 16.5. The van der Waals surface area contributed by atoms with Crippen molar-refractivity contribution in [2.24, 2.45) is 0 Å². The van der Waals surface area contributed by atoms with Gasteiger partial charge in [0.25, 0.3) is 0 Å². The molecule has 114 valence electrons. The van der Waals surface area contributed by atoms with Crippen molar-refractivity contribution in [3.8, 4) is 0 Å². The Hall–Kier alpha value is -1.90. The van der Waals surface area contributed by atoms with Crippen molar-refractivity contribution in [1.82, 2.24) is 0 Å². The average molecular weight is 308 g/mol. The van der Waals surface area contributed by atoms with Crippen LogP contribution in [0.2, 0.25) is 19.6 Å². The van der Waals surface area contributed by atoms with Gasteiger partial charge in [-0.25, -0.2) is 0 Å². The molecule has 2 aromatic carbocycles. The SMILES string of the molecule is C[Si](C)(C)OC(/C=C/c1ccccc1)/C=C/c1ccccc1. The molecule has 0 saturated carbocycles. The van der Waals surface area contributed by atoms with Gasteiger partial charge in [0.1, 0.15) is 0 Å². The number of benzene rings is 2. The van der Waals surface area contributed by atoms with Gasteiger partial charge in [-0.15, -0.1) is 0 Å². The Morgan fingerprint density at radius 3 is 1.50 bits per heavy atom. The Morgan fingerprint density at radius 2 is 1.14 bits per heavy atom. The summed E-state index contributed by atoms with van der Waals surface area (Å²) in [7, 11) is -1.60. The van der Waals surface area contributed by atoms with Crippen LogP contribution in [-0.4, -0.2) is 14.4 Å². The summed E-state index contributed by atoms with van der Waals surface area (Å²) < 4.78 is 6.25. The van der Waals surface area contributed by atoms with Crippen LogP contribution in [0.25, 0.3) is 12.2 Å².